The number of aryl methyl sites for hydroxylation is 1. The fraction of sp³-hybridized carbons (Fsp3) is 0.529. The number of aromatic amines is 1. The molecule has 1 heterocycles. The van der Waals surface area contributed by atoms with Crippen molar-refractivity contribution in [1.82, 2.24) is 15.6 Å². The van der Waals surface area contributed by atoms with E-state index in [1.54, 1.807) is 6.08 Å². The number of aliphatic imine (C=N–C) groups is 1. The summed E-state index contributed by atoms with van der Waals surface area (Å²) in [5, 5.41) is 5.93. The van der Waals surface area contributed by atoms with E-state index in [0.717, 1.165) is 17.8 Å². The third kappa shape index (κ3) is 4.48. The first-order valence-electron chi connectivity index (χ1n) is 8.03. The molecule has 1 aliphatic carbocycles. The van der Waals surface area contributed by atoms with Gasteiger partial charge in [-0.2, -0.15) is 0 Å². The van der Waals surface area contributed by atoms with Crippen molar-refractivity contribution in [2.75, 3.05) is 0 Å². The van der Waals surface area contributed by atoms with Gasteiger partial charge in [-0.3, -0.25) is 5.32 Å². The SMILES string of the molecule is CC=C/C(=N\c1cc[nH]c1C)NC(=O)N[C@@H]1CCCC[C@@H]1C. The number of allylic oxidation sites excluding steroid dienone is 1. The van der Waals surface area contributed by atoms with Gasteiger partial charge in [-0.05, 0) is 44.7 Å². The average molecular weight is 302 g/mol. The summed E-state index contributed by atoms with van der Waals surface area (Å²) in [5.41, 5.74) is 1.81. The third-order valence-corrected chi connectivity index (χ3v) is 4.16. The molecular formula is C17H26N4O. The van der Waals surface area contributed by atoms with Gasteiger partial charge in [-0.25, -0.2) is 9.79 Å². The summed E-state index contributed by atoms with van der Waals surface area (Å²) in [5.74, 6) is 1.08. The van der Waals surface area contributed by atoms with Crippen LogP contribution in [0.5, 0.6) is 0 Å². The third-order valence-electron chi connectivity index (χ3n) is 4.16. The molecule has 0 aliphatic heterocycles. The maximum atomic E-state index is 12.2. The summed E-state index contributed by atoms with van der Waals surface area (Å²) >= 11 is 0. The summed E-state index contributed by atoms with van der Waals surface area (Å²) in [4.78, 5) is 19.8. The van der Waals surface area contributed by atoms with E-state index < -0.39 is 0 Å². The number of amidine groups is 1. The molecule has 2 amide bonds. The molecule has 0 aromatic carbocycles. The van der Waals surface area contributed by atoms with Crippen LogP contribution in [0.4, 0.5) is 10.5 Å². The van der Waals surface area contributed by atoms with Crippen LogP contribution in [-0.4, -0.2) is 22.9 Å². The predicted molar refractivity (Wildman–Crippen MR) is 90.5 cm³/mol. The highest BCUT2D eigenvalue weighted by Crippen LogP contribution is 2.23. The number of hydrogen-bond acceptors (Lipinski definition) is 2. The van der Waals surface area contributed by atoms with Crippen LogP contribution >= 0.6 is 0 Å². The predicted octanol–water partition coefficient (Wildman–Crippen LogP) is 3.81. The second-order valence-electron chi connectivity index (χ2n) is 5.95. The molecule has 0 unspecified atom stereocenters. The first-order chi connectivity index (χ1) is 10.6. The van der Waals surface area contributed by atoms with Crippen molar-refractivity contribution >= 4 is 17.6 Å². The smallest absolute Gasteiger partial charge is 0.320 e. The lowest BCUT2D eigenvalue weighted by molar-refractivity contribution is 0.226. The standard InChI is InChI=1S/C17H26N4O/c1-4-7-16(19-15-10-11-18-13(15)3)21-17(22)20-14-9-6-5-8-12(14)2/h4,7,10-12,14,18H,5-6,8-9H2,1-3H3,(H2,19,20,21,22)/t12-,14+/m0/s1. The second kappa shape index (κ2) is 7.82. The topological polar surface area (TPSA) is 69.3 Å². The molecule has 0 radical (unpaired) electrons. The van der Waals surface area contributed by atoms with Gasteiger partial charge < -0.3 is 10.3 Å². The van der Waals surface area contributed by atoms with Crippen molar-refractivity contribution in [2.24, 2.45) is 10.9 Å². The molecule has 0 bridgehead atoms. The van der Waals surface area contributed by atoms with Gasteiger partial charge in [-0.1, -0.05) is 25.8 Å². The molecule has 3 N–H and O–H groups in total. The summed E-state index contributed by atoms with van der Waals surface area (Å²) < 4.78 is 0. The minimum Gasteiger partial charge on any atom is -0.363 e. The van der Waals surface area contributed by atoms with Crippen LogP contribution in [0.3, 0.4) is 0 Å². The zero-order chi connectivity index (χ0) is 15.9. The Morgan fingerprint density at radius 1 is 1.41 bits per heavy atom. The zero-order valence-electron chi connectivity index (χ0n) is 13.6. The second-order valence-corrected chi connectivity index (χ2v) is 5.95. The molecule has 0 spiro atoms. The number of carbonyl (C=O) groups is 1. The lowest BCUT2D eigenvalue weighted by atomic mass is 9.86. The molecule has 5 nitrogen and oxygen atoms in total. The molecule has 1 fully saturated rings. The van der Waals surface area contributed by atoms with Crippen LogP contribution in [0.25, 0.3) is 0 Å². The number of nitrogens with one attached hydrogen (secondary N) is 3. The van der Waals surface area contributed by atoms with E-state index in [-0.39, 0.29) is 12.1 Å². The van der Waals surface area contributed by atoms with Gasteiger partial charge in [-0.15, -0.1) is 0 Å². The molecule has 22 heavy (non-hydrogen) atoms. The maximum Gasteiger partial charge on any atom is 0.320 e. The van der Waals surface area contributed by atoms with Crippen molar-refractivity contribution in [1.29, 1.82) is 0 Å². The number of nitrogens with zero attached hydrogens (tertiary/aromatic N) is 1. The Balaban J connectivity index is 2.00. The summed E-state index contributed by atoms with van der Waals surface area (Å²) in [6.45, 7) is 6.06. The Morgan fingerprint density at radius 2 is 2.18 bits per heavy atom. The minimum absolute atomic E-state index is 0.177. The first kappa shape index (κ1) is 16.3. The molecule has 1 saturated carbocycles. The van der Waals surface area contributed by atoms with E-state index in [9.17, 15) is 4.79 Å². The first-order valence-corrected chi connectivity index (χ1v) is 8.03. The van der Waals surface area contributed by atoms with E-state index in [1.807, 2.05) is 32.2 Å². The lowest BCUT2D eigenvalue weighted by Gasteiger charge is -2.29. The normalized spacial score (nSPS) is 22.8. The number of hydrogen-bond donors (Lipinski definition) is 3. The molecule has 120 valence electrons. The minimum atomic E-state index is -0.177. The average Bonchev–Trinajstić information content (AvgIpc) is 2.87. The van der Waals surface area contributed by atoms with Gasteiger partial charge >= 0.3 is 6.03 Å². The van der Waals surface area contributed by atoms with Crippen LogP contribution in [0.1, 0.15) is 45.2 Å². The van der Waals surface area contributed by atoms with Gasteiger partial charge in [0.25, 0.3) is 0 Å². The number of urea groups is 1. The van der Waals surface area contributed by atoms with Gasteiger partial charge in [0.2, 0.25) is 0 Å². The van der Waals surface area contributed by atoms with Crippen molar-refractivity contribution in [2.45, 2.75) is 52.5 Å². The summed E-state index contributed by atoms with van der Waals surface area (Å²) in [7, 11) is 0. The molecule has 0 saturated heterocycles. The van der Waals surface area contributed by atoms with Crippen LogP contribution in [0, 0.1) is 12.8 Å². The fourth-order valence-electron chi connectivity index (χ4n) is 2.81. The fourth-order valence-corrected chi connectivity index (χ4v) is 2.81. The number of aromatic nitrogens is 1. The van der Waals surface area contributed by atoms with Crippen molar-refractivity contribution in [3.8, 4) is 0 Å². The van der Waals surface area contributed by atoms with E-state index in [4.69, 9.17) is 0 Å². The highest BCUT2D eigenvalue weighted by molar-refractivity contribution is 6.04. The Bertz CT molecular complexity index is 559. The van der Waals surface area contributed by atoms with E-state index >= 15 is 0 Å². The Kier molecular flexibility index (Phi) is 5.81. The number of amides is 2. The van der Waals surface area contributed by atoms with Crippen molar-refractivity contribution in [3.63, 3.8) is 0 Å². The van der Waals surface area contributed by atoms with E-state index in [1.165, 1.54) is 19.3 Å². The van der Waals surface area contributed by atoms with Crippen LogP contribution in [0.2, 0.25) is 0 Å². The summed E-state index contributed by atoms with van der Waals surface area (Å²) in [6, 6.07) is 1.97. The van der Waals surface area contributed by atoms with Gasteiger partial charge in [0, 0.05) is 17.9 Å². The molecule has 2 atom stereocenters. The van der Waals surface area contributed by atoms with Gasteiger partial charge in [0.05, 0.1) is 5.69 Å². The Hall–Kier alpha value is -2.04. The molecule has 2 rings (SSSR count). The Labute approximate surface area is 132 Å². The summed E-state index contributed by atoms with van der Waals surface area (Å²) in [6.07, 6.45) is 10.2. The van der Waals surface area contributed by atoms with Gasteiger partial charge in [0.1, 0.15) is 5.84 Å². The highest BCUT2D eigenvalue weighted by atomic mass is 16.2. The number of H-pyrrole nitrogens is 1. The molecule has 1 aromatic rings. The Morgan fingerprint density at radius 3 is 2.82 bits per heavy atom. The molecule has 1 aliphatic rings. The highest BCUT2D eigenvalue weighted by Gasteiger charge is 2.22. The van der Waals surface area contributed by atoms with Crippen LogP contribution in [0.15, 0.2) is 29.4 Å². The van der Waals surface area contributed by atoms with Crippen molar-refractivity contribution in [3.05, 3.63) is 30.1 Å². The number of carbonyl (C=O) groups excluding carboxylic acids is 1. The van der Waals surface area contributed by atoms with Crippen molar-refractivity contribution < 1.29 is 4.79 Å². The maximum absolute atomic E-state index is 12.2. The lowest BCUT2D eigenvalue weighted by Crippen LogP contribution is -2.47. The van der Waals surface area contributed by atoms with Crippen LogP contribution < -0.4 is 10.6 Å². The van der Waals surface area contributed by atoms with E-state index in [0.29, 0.717) is 11.8 Å². The van der Waals surface area contributed by atoms with Gasteiger partial charge in [0.15, 0.2) is 0 Å². The van der Waals surface area contributed by atoms with Crippen LogP contribution in [-0.2, 0) is 0 Å². The quantitative estimate of drug-likeness (QED) is 0.577. The number of rotatable bonds is 3. The monoisotopic (exact) mass is 302 g/mol. The largest absolute Gasteiger partial charge is 0.363 e. The molecule has 5 heteroatoms. The molecular weight excluding hydrogens is 276 g/mol. The zero-order valence-corrected chi connectivity index (χ0v) is 13.6. The molecule has 1 aromatic heterocycles. The van der Waals surface area contributed by atoms with E-state index in [2.05, 4.69) is 27.5 Å².